The van der Waals surface area contributed by atoms with Crippen molar-refractivity contribution in [1.29, 1.82) is 0 Å². The molecule has 2 rings (SSSR count). The molecule has 8 nitrogen and oxygen atoms in total. The predicted molar refractivity (Wildman–Crippen MR) is 70.8 cm³/mol. The average Bonchev–Trinajstić information content (AvgIpc) is 2.69. The summed E-state index contributed by atoms with van der Waals surface area (Å²) in [5, 5.41) is 7.38. The largest absolute Gasteiger partial charge is 0.464 e. The first kappa shape index (κ1) is 14.3. The summed E-state index contributed by atoms with van der Waals surface area (Å²) in [6.45, 7) is 1.52. The summed E-state index contributed by atoms with van der Waals surface area (Å²) in [6.07, 6.45) is 4.35. The van der Waals surface area contributed by atoms with Gasteiger partial charge in [0, 0.05) is 13.1 Å². The highest BCUT2D eigenvalue weighted by Crippen LogP contribution is 2.12. The zero-order valence-electron chi connectivity index (χ0n) is 11.5. The van der Waals surface area contributed by atoms with Crippen LogP contribution in [0.1, 0.15) is 36.2 Å². The molecule has 1 aliphatic rings. The minimum absolute atomic E-state index is 0.00414. The summed E-state index contributed by atoms with van der Waals surface area (Å²) < 4.78 is 5.77. The van der Waals surface area contributed by atoms with Gasteiger partial charge in [-0.2, -0.15) is 0 Å². The number of likely N-dealkylation sites (tertiary alicyclic amines) is 1. The number of aromatic nitrogens is 3. The van der Waals surface area contributed by atoms with E-state index >= 15 is 0 Å². The van der Waals surface area contributed by atoms with E-state index in [2.05, 4.69) is 15.0 Å². The number of anilines is 1. The van der Waals surface area contributed by atoms with Gasteiger partial charge in [-0.15, -0.1) is 5.10 Å². The molecule has 0 atom stereocenters. The molecule has 0 spiro atoms. The second kappa shape index (κ2) is 6.36. The Morgan fingerprint density at radius 3 is 2.50 bits per heavy atom. The van der Waals surface area contributed by atoms with Crippen molar-refractivity contribution in [2.75, 3.05) is 25.9 Å². The fraction of sp³-hybridized carbons (Fsp3) is 0.667. The Hall–Kier alpha value is -2.12. The monoisotopic (exact) mass is 281 g/mol. The van der Waals surface area contributed by atoms with Crippen LogP contribution >= 0.6 is 0 Å². The van der Waals surface area contributed by atoms with E-state index in [1.807, 2.05) is 4.90 Å². The SMILES string of the molecule is COC(=O)c1nnn(CC(=O)N2CCCCCC2)c1N. The topological polar surface area (TPSA) is 103 Å². The van der Waals surface area contributed by atoms with E-state index in [0.29, 0.717) is 0 Å². The lowest BCUT2D eigenvalue weighted by Gasteiger charge is -2.20. The smallest absolute Gasteiger partial charge is 0.362 e. The summed E-state index contributed by atoms with van der Waals surface area (Å²) in [5.74, 6) is -0.657. The van der Waals surface area contributed by atoms with Gasteiger partial charge in [0.1, 0.15) is 6.54 Å². The average molecular weight is 281 g/mol. The maximum absolute atomic E-state index is 12.2. The zero-order valence-corrected chi connectivity index (χ0v) is 11.5. The van der Waals surface area contributed by atoms with Crippen LogP contribution in [0.3, 0.4) is 0 Å². The second-order valence-electron chi connectivity index (χ2n) is 4.77. The molecule has 0 saturated carbocycles. The van der Waals surface area contributed by atoms with Gasteiger partial charge in [-0.3, -0.25) is 4.79 Å². The highest BCUT2D eigenvalue weighted by molar-refractivity contribution is 5.92. The van der Waals surface area contributed by atoms with Gasteiger partial charge in [0.25, 0.3) is 0 Å². The van der Waals surface area contributed by atoms with E-state index < -0.39 is 5.97 Å². The number of nitrogens with zero attached hydrogens (tertiary/aromatic N) is 4. The molecule has 8 heteroatoms. The Kier molecular flexibility index (Phi) is 4.54. The molecule has 0 unspecified atom stereocenters. The van der Waals surface area contributed by atoms with E-state index in [1.165, 1.54) is 11.8 Å². The number of hydrogen-bond acceptors (Lipinski definition) is 6. The number of rotatable bonds is 3. The first-order valence-corrected chi connectivity index (χ1v) is 6.68. The van der Waals surface area contributed by atoms with Crippen LogP contribution in [0.2, 0.25) is 0 Å². The second-order valence-corrected chi connectivity index (χ2v) is 4.77. The molecule has 1 amide bonds. The van der Waals surface area contributed by atoms with Gasteiger partial charge in [-0.25, -0.2) is 9.48 Å². The number of methoxy groups -OCH3 is 1. The van der Waals surface area contributed by atoms with E-state index in [-0.39, 0.29) is 24.0 Å². The van der Waals surface area contributed by atoms with Gasteiger partial charge in [0.15, 0.2) is 5.82 Å². The van der Waals surface area contributed by atoms with E-state index in [1.54, 1.807) is 0 Å². The normalized spacial score (nSPS) is 15.8. The Balaban J connectivity index is 2.04. The molecule has 0 aliphatic carbocycles. The Morgan fingerprint density at radius 2 is 1.90 bits per heavy atom. The third-order valence-electron chi connectivity index (χ3n) is 3.40. The maximum atomic E-state index is 12.2. The van der Waals surface area contributed by atoms with Gasteiger partial charge >= 0.3 is 5.97 Å². The van der Waals surface area contributed by atoms with Crippen molar-refractivity contribution in [3.05, 3.63) is 5.69 Å². The van der Waals surface area contributed by atoms with Crippen molar-refractivity contribution in [3.8, 4) is 0 Å². The Labute approximate surface area is 116 Å². The number of carbonyl (C=O) groups excluding carboxylic acids is 2. The molecular formula is C12H19N5O3. The molecule has 1 saturated heterocycles. The molecule has 2 N–H and O–H groups in total. The maximum Gasteiger partial charge on any atom is 0.362 e. The summed E-state index contributed by atoms with van der Waals surface area (Å²) >= 11 is 0. The number of esters is 1. The molecule has 1 aromatic heterocycles. The number of nitrogen functional groups attached to an aromatic ring is 1. The van der Waals surface area contributed by atoms with Gasteiger partial charge in [-0.05, 0) is 12.8 Å². The van der Waals surface area contributed by atoms with Crippen molar-refractivity contribution in [2.45, 2.75) is 32.2 Å². The third-order valence-corrected chi connectivity index (χ3v) is 3.40. The van der Waals surface area contributed by atoms with Crippen LogP contribution in [-0.4, -0.2) is 52.0 Å². The lowest BCUT2D eigenvalue weighted by molar-refractivity contribution is -0.132. The van der Waals surface area contributed by atoms with Gasteiger partial charge in [-0.1, -0.05) is 18.1 Å². The van der Waals surface area contributed by atoms with E-state index in [0.717, 1.165) is 38.8 Å². The molecule has 20 heavy (non-hydrogen) atoms. The molecular weight excluding hydrogens is 262 g/mol. The highest BCUT2D eigenvalue weighted by Gasteiger charge is 2.21. The van der Waals surface area contributed by atoms with Crippen LogP contribution in [0.4, 0.5) is 5.82 Å². The van der Waals surface area contributed by atoms with Crippen LogP contribution in [-0.2, 0) is 16.1 Å². The molecule has 110 valence electrons. The third kappa shape index (κ3) is 3.06. The minimum atomic E-state index is -0.657. The molecule has 0 bridgehead atoms. The summed E-state index contributed by atoms with van der Waals surface area (Å²) in [7, 11) is 1.24. The van der Waals surface area contributed by atoms with Crippen molar-refractivity contribution < 1.29 is 14.3 Å². The van der Waals surface area contributed by atoms with Gasteiger partial charge < -0.3 is 15.4 Å². The lowest BCUT2D eigenvalue weighted by atomic mass is 10.2. The van der Waals surface area contributed by atoms with Crippen molar-refractivity contribution in [2.24, 2.45) is 0 Å². The summed E-state index contributed by atoms with van der Waals surface area (Å²) in [5.41, 5.74) is 5.70. The van der Waals surface area contributed by atoms with Crippen LogP contribution in [0.5, 0.6) is 0 Å². The quantitative estimate of drug-likeness (QED) is 0.785. The van der Waals surface area contributed by atoms with Gasteiger partial charge in [0.2, 0.25) is 11.6 Å². The zero-order chi connectivity index (χ0) is 14.5. The van der Waals surface area contributed by atoms with Crippen molar-refractivity contribution >= 4 is 17.7 Å². The number of nitrogens with two attached hydrogens (primary N) is 1. The van der Waals surface area contributed by atoms with Crippen LogP contribution in [0.25, 0.3) is 0 Å². The van der Waals surface area contributed by atoms with Crippen LogP contribution in [0.15, 0.2) is 0 Å². The van der Waals surface area contributed by atoms with Crippen LogP contribution < -0.4 is 5.73 Å². The van der Waals surface area contributed by atoms with Crippen molar-refractivity contribution in [1.82, 2.24) is 19.9 Å². The molecule has 2 heterocycles. The standard InChI is InChI=1S/C12H19N5O3/c1-20-12(19)10-11(13)17(15-14-10)8-9(18)16-6-4-2-3-5-7-16/h2-8,13H2,1H3. The summed E-state index contributed by atoms with van der Waals surface area (Å²) in [4.78, 5) is 25.4. The summed E-state index contributed by atoms with van der Waals surface area (Å²) in [6, 6.07) is 0. The molecule has 0 radical (unpaired) electrons. The Bertz CT molecular complexity index is 491. The van der Waals surface area contributed by atoms with Crippen molar-refractivity contribution in [3.63, 3.8) is 0 Å². The lowest BCUT2D eigenvalue weighted by Crippen LogP contribution is -2.35. The van der Waals surface area contributed by atoms with E-state index in [9.17, 15) is 9.59 Å². The highest BCUT2D eigenvalue weighted by atomic mass is 16.5. The van der Waals surface area contributed by atoms with Gasteiger partial charge in [0.05, 0.1) is 7.11 Å². The fourth-order valence-electron chi connectivity index (χ4n) is 2.23. The number of hydrogen-bond donors (Lipinski definition) is 1. The number of amides is 1. The first-order chi connectivity index (χ1) is 9.63. The fourth-order valence-corrected chi connectivity index (χ4v) is 2.23. The molecule has 1 fully saturated rings. The number of ether oxygens (including phenoxy) is 1. The van der Waals surface area contributed by atoms with E-state index in [4.69, 9.17) is 5.73 Å². The van der Waals surface area contributed by atoms with Crippen LogP contribution in [0, 0.1) is 0 Å². The molecule has 0 aromatic carbocycles. The molecule has 1 aromatic rings. The molecule has 1 aliphatic heterocycles. The first-order valence-electron chi connectivity index (χ1n) is 6.68. The predicted octanol–water partition coefficient (Wildman–Crippen LogP) is 0.0495. The Morgan fingerprint density at radius 1 is 1.25 bits per heavy atom. The number of carbonyl (C=O) groups is 2. The minimum Gasteiger partial charge on any atom is -0.464 e.